The fourth-order valence-corrected chi connectivity index (χ4v) is 4.06. The molecule has 1 fully saturated rings. The van der Waals surface area contributed by atoms with Crippen LogP contribution in [0.15, 0.2) is 27.6 Å². The molecule has 1 saturated heterocycles. The Bertz CT molecular complexity index is 595. The van der Waals surface area contributed by atoms with E-state index in [4.69, 9.17) is 0 Å². The minimum Gasteiger partial charge on any atom is -0.369 e. The summed E-state index contributed by atoms with van der Waals surface area (Å²) in [5, 5.41) is 4.17. The van der Waals surface area contributed by atoms with E-state index in [9.17, 15) is 4.79 Å². The van der Waals surface area contributed by atoms with Crippen LogP contribution in [0.4, 0.5) is 5.69 Å². The molecule has 1 aromatic heterocycles. The Morgan fingerprint density at radius 1 is 1.35 bits per heavy atom. The molecule has 0 saturated carbocycles. The maximum Gasteiger partial charge on any atom is 0.282 e. The standard InChI is InChI=1S/C15H20BrN3O/c1-18-14(20)13(16)12(10-17-18)19-9-5-8-15(11-19)6-3-2-4-7-15/h2-3,10H,4-9,11H2,1H3. The van der Waals surface area contributed by atoms with Crippen LogP contribution in [0.1, 0.15) is 32.1 Å². The first-order valence-electron chi connectivity index (χ1n) is 7.23. The quantitative estimate of drug-likeness (QED) is 0.739. The summed E-state index contributed by atoms with van der Waals surface area (Å²) in [6.45, 7) is 2.05. The molecular formula is C15H20BrN3O. The van der Waals surface area contributed by atoms with Gasteiger partial charge >= 0.3 is 0 Å². The lowest BCUT2D eigenvalue weighted by molar-refractivity contribution is 0.209. The monoisotopic (exact) mass is 337 g/mol. The van der Waals surface area contributed by atoms with E-state index in [1.165, 1.54) is 36.8 Å². The smallest absolute Gasteiger partial charge is 0.282 e. The molecule has 1 unspecified atom stereocenters. The van der Waals surface area contributed by atoms with E-state index in [0.717, 1.165) is 18.8 Å². The number of aryl methyl sites for hydroxylation is 1. The molecule has 1 atom stereocenters. The van der Waals surface area contributed by atoms with Gasteiger partial charge in [0.2, 0.25) is 0 Å². The number of rotatable bonds is 1. The highest BCUT2D eigenvalue weighted by Crippen LogP contribution is 2.42. The normalized spacial score (nSPS) is 26.2. The van der Waals surface area contributed by atoms with Crippen LogP contribution in [0.2, 0.25) is 0 Å². The molecule has 20 heavy (non-hydrogen) atoms. The Balaban J connectivity index is 1.89. The number of hydrogen-bond acceptors (Lipinski definition) is 3. The van der Waals surface area contributed by atoms with Gasteiger partial charge in [-0.05, 0) is 53.4 Å². The molecule has 0 N–H and O–H groups in total. The number of hydrogen-bond donors (Lipinski definition) is 0. The summed E-state index contributed by atoms with van der Waals surface area (Å²) in [4.78, 5) is 14.3. The van der Waals surface area contributed by atoms with Gasteiger partial charge in [-0.1, -0.05) is 12.2 Å². The average Bonchev–Trinajstić information content (AvgIpc) is 2.46. The Kier molecular flexibility index (Phi) is 3.71. The first-order chi connectivity index (χ1) is 9.61. The van der Waals surface area contributed by atoms with Crippen LogP contribution < -0.4 is 10.5 Å². The fourth-order valence-electron chi connectivity index (χ4n) is 3.45. The van der Waals surface area contributed by atoms with Crippen molar-refractivity contribution < 1.29 is 0 Å². The van der Waals surface area contributed by atoms with E-state index >= 15 is 0 Å². The molecule has 1 aromatic rings. The molecule has 3 rings (SSSR count). The molecule has 0 radical (unpaired) electrons. The summed E-state index contributed by atoms with van der Waals surface area (Å²) in [7, 11) is 1.68. The Morgan fingerprint density at radius 3 is 2.95 bits per heavy atom. The first-order valence-corrected chi connectivity index (χ1v) is 8.02. The van der Waals surface area contributed by atoms with Crippen LogP contribution in [0, 0.1) is 5.41 Å². The minimum absolute atomic E-state index is 0.0642. The number of piperidine rings is 1. The first kappa shape index (κ1) is 13.9. The van der Waals surface area contributed by atoms with Gasteiger partial charge in [0.15, 0.2) is 0 Å². The third-order valence-corrected chi connectivity index (χ3v) is 5.37. The maximum absolute atomic E-state index is 12.0. The van der Waals surface area contributed by atoms with Crippen molar-refractivity contribution >= 4 is 21.6 Å². The summed E-state index contributed by atoms with van der Waals surface area (Å²) in [6.07, 6.45) is 12.5. The van der Waals surface area contributed by atoms with Crippen LogP contribution >= 0.6 is 15.9 Å². The SMILES string of the molecule is Cn1ncc(N2CCCC3(CC=CCC3)C2)c(Br)c1=O. The Labute approximate surface area is 127 Å². The zero-order valence-corrected chi connectivity index (χ0v) is 13.4. The van der Waals surface area contributed by atoms with Crippen molar-refractivity contribution in [1.82, 2.24) is 9.78 Å². The zero-order chi connectivity index (χ0) is 14.2. The van der Waals surface area contributed by atoms with Gasteiger partial charge in [-0.3, -0.25) is 4.79 Å². The van der Waals surface area contributed by atoms with Gasteiger partial charge in [0.1, 0.15) is 4.47 Å². The van der Waals surface area contributed by atoms with Crippen molar-refractivity contribution in [2.45, 2.75) is 32.1 Å². The molecule has 2 aliphatic rings. The highest BCUT2D eigenvalue weighted by Gasteiger charge is 2.35. The third-order valence-electron chi connectivity index (χ3n) is 4.62. The van der Waals surface area contributed by atoms with E-state index < -0.39 is 0 Å². The van der Waals surface area contributed by atoms with Crippen molar-refractivity contribution in [3.05, 3.63) is 33.2 Å². The summed E-state index contributed by atoms with van der Waals surface area (Å²) in [5.41, 5.74) is 1.28. The molecule has 0 aromatic carbocycles. The second-order valence-electron chi connectivity index (χ2n) is 6.01. The second kappa shape index (κ2) is 5.35. The van der Waals surface area contributed by atoms with Crippen molar-refractivity contribution in [3.8, 4) is 0 Å². The Hall–Kier alpha value is -1.10. The summed E-state index contributed by atoms with van der Waals surface area (Å²) in [6, 6.07) is 0. The van der Waals surface area contributed by atoms with Crippen molar-refractivity contribution in [3.63, 3.8) is 0 Å². The largest absolute Gasteiger partial charge is 0.369 e. The van der Waals surface area contributed by atoms with Crippen LogP contribution in [0.3, 0.4) is 0 Å². The fraction of sp³-hybridized carbons (Fsp3) is 0.600. The van der Waals surface area contributed by atoms with Crippen LogP contribution in [-0.4, -0.2) is 22.9 Å². The summed E-state index contributed by atoms with van der Waals surface area (Å²) in [5.74, 6) is 0. The van der Waals surface area contributed by atoms with Crippen molar-refractivity contribution in [2.75, 3.05) is 18.0 Å². The van der Waals surface area contributed by atoms with E-state index in [1.54, 1.807) is 7.05 Å². The molecule has 1 spiro atoms. The molecule has 108 valence electrons. The van der Waals surface area contributed by atoms with Crippen LogP contribution in [0.5, 0.6) is 0 Å². The number of aromatic nitrogens is 2. The minimum atomic E-state index is -0.0642. The van der Waals surface area contributed by atoms with Gasteiger partial charge in [0.25, 0.3) is 5.56 Å². The van der Waals surface area contributed by atoms with E-state index in [-0.39, 0.29) is 5.56 Å². The lowest BCUT2D eigenvalue weighted by Crippen LogP contribution is -2.44. The maximum atomic E-state index is 12.0. The summed E-state index contributed by atoms with van der Waals surface area (Å²) < 4.78 is 2.01. The molecule has 1 aliphatic heterocycles. The molecular weight excluding hydrogens is 318 g/mol. The highest BCUT2D eigenvalue weighted by molar-refractivity contribution is 9.10. The predicted octanol–water partition coefficient (Wildman–Crippen LogP) is 2.87. The van der Waals surface area contributed by atoms with Gasteiger partial charge in [0, 0.05) is 20.1 Å². The lowest BCUT2D eigenvalue weighted by atomic mass is 9.71. The zero-order valence-electron chi connectivity index (χ0n) is 11.8. The molecule has 2 heterocycles. The van der Waals surface area contributed by atoms with Gasteiger partial charge in [-0.25, -0.2) is 4.68 Å². The predicted molar refractivity (Wildman–Crippen MR) is 84.0 cm³/mol. The van der Waals surface area contributed by atoms with Crippen LogP contribution in [0.25, 0.3) is 0 Å². The number of nitrogens with zero attached hydrogens (tertiary/aromatic N) is 3. The van der Waals surface area contributed by atoms with Crippen LogP contribution in [-0.2, 0) is 7.05 Å². The lowest BCUT2D eigenvalue weighted by Gasteiger charge is -2.45. The molecule has 1 aliphatic carbocycles. The van der Waals surface area contributed by atoms with Gasteiger partial charge < -0.3 is 4.90 Å². The average molecular weight is 338 g/mol. The molecule has 0 amide bonds. The number of anilines is 1. The van der Waals surface area contributed by atoms with Crippen molar-refractivity contribution in [2.24, 2.45) is 12.5 Å². The van der Waals surface area contributed by atoms with E-state index in [1.807, 2.05) is 6.20 Å². The Morgan fingerprint density at radius 2 is 2.20 bits per heavy atom. The molecule has 4 nitrogen and oxygen atoms in total. The van der Waals surface area contributed by atoms with E-state index in [2.05, 4.69) is 38.1 Å². The number of halogens is 1. The topological polar surface area (TPSA) is 38.1 Å². The van der Waals surface area contributed by atoms with E-state index in [0.29, 0.717) is 9.89 Å². The third kappa shape index (κ3) is 2.43. The number of allylic oxidation sites excluding steroid dienone is 2. The molecule has 5 heteroatoms. The second-order valence-corrected chi connectivity index (χ2v) is 6.80. The van der Waals surface area contributed by atoms with Crippen molar-refractivity contribution in [1.29, 1.82) is 0 Å². The highest BCUT2D eigenvalue weighted by atomic mass is 79.9. The van der Waals surface area contributed by atoms with Gasteiger partial charge in [-0.2, -0.15) is 5.10 Å². The summed E-state index contributed by atoms with van der Waals surface area (Å²) >= 11 is 3.45. The van der Waals surface area contributed by atoms with Gasteiger partial charge in [-0.15, -0.1) is 0 Å². The molecule has 0 bridgehead atoms. The van der Waals surface area contributed by atoms with Gasteiger partial charge in [0.05, 0.1) is 11.9 Å².